The fourth-order valence-corrected chi connectivity index (χ4v) is 6.13. The minimum Gasteiger partial charge on any atom is -0.461 e. The number of ether oxygens (including phenoxy) is 3. The third-order valence-corrected chi connectivity index (χ3v) is 7.56. The van der Waals surface area contributed by atoms with Crippen LogP contribution in [0.3, 0.4) is 0 Å². The maximum Gasteiger partial charge on any atom is 0.341 e. The van der Waals surface area contributed by atoms with E-state index in [0.29, 0.717) is 24.0 Å². The molecule has 2 unspecified atom stereocenters. The van der Waals surface area contributed by atoms with Crippen LogP contribution in [0.4, 0.5) is 0 Å². The molecule has 1 aliphatic carbocycles. The van der Waals surface area contributed by atoms with Gasteiger partial charge in [-0.05, 0) is 60.4 Å². The molecule has 3 aliphatic heterocycles. The van der Waals surface area contributed by atoms with Crippen molar-refractivity contribution in [1.29, 1.82) is 5.26 Å². The number of thiophene rings is 1. The Morgan fingerprint density at radius 2 is 1.97 bits per heavy atom. The van der Waals surface area contributed by atoms with Gasteiger partial charge < -0.3 is 14.2 Å². The topological polar surface area (TPSA) is 68.5 Å². The molecule has 1 aromatic carbocycles. The van der Waals surface area contributed by atoms with Crippen molar-refractivity contribution >= 4 is 17.3 Å². The van der Waals surface area contributed by atoms with Crippen LogP contribution in [0.2, 0.25) is 0 Å². The molecule has 6 heteroatoms. The average molecular weight is 420 g/mol. The van der Waals surface area contributed by atoms with Crippen molar-refractivity contribution < 1.29 is 19.0 Å². The highest BCUT2D eigenvalue weighted by molar-refractivity contribution is 7.08. The molecule has 5 nitrogen and oxygen atoms in total. The number of carbonyl (C=O) groups is 1. The van der Waals surface area contributed by atoms with E-state index in [0.717, 1.165) is 48.1 Å². The summed E-state index contributed by atoms with van der Waals surface area (Å²) >= 11 is 1.59. The monoisotopic (exact) mass is 419 g/mol. The summed E-state index contributed by atoms with van der Waals surface area (Å²) in [6, 6.07) is 9.81. The van der Waals surface area contributed by atoms with Gasteiger partial charge in [-0.15, -0.1) is 0 Å². The largest absolute Gasteiger partial charge is 0.461 e. The fraction of sp³-hybridized carbons (Fsp3) is 0.417. The summed E-state index contributed by atoms with van der Waals surface area (Å²) in [7, 11) is 0. The highest BCUT2D eigenvalue weighted by Gasteiger charge is 2.55. The SMILES string of the molecule is N#Cc1ccc2c(c1)CC1(c3ccsc3)OC3=C(C(=O)OC4(CCCCC4)C3)C2O1. The number of nitrogens with zero attached hydrogens (tertiary/aromatic N) is 1. The van der Waals surface area contributed by atoms with Crippen LogP contribution in [-0.4, -0.2) is 11.6 Å². The highest BCUT2D eigenvalue weighted by atomic mass is 32.1. The first-order chi connectivity index (χ1) is 14.6. The van der Waals surface area contributed by atoms with Gasteiger partial charge in [0.05, 0.1) is 11.6 Å². The molecule has 0 saturated heterocycles. The molecule has 1 fully saturated rings. The zero-order valence-electron chi connectivity index (χ0n) is 16.5. The van der Waals surface area contributed by atoms with Gasteiger partial charge in [0, 0.05) is 23.8 Å². The number of hydrogen-bond acceptors (Lipinski definition) is 6. The summed E-state index contributed by atoms with van der Waals surface area (Å²) in [5.41, 5.74) is 3.50. The maximum atomic E-state index is 13.2. The normalized spacial score (nSPS) is 28.8. The number of fused-ring (bicyclic) bond motifs is 5. The summed E-state index contributed by atoms with van der Waals surface area (Å²) in [5.74, 6) is -0.567. The van der Waals surface area contributed by atoms with Crippen molar-refractivity contribution in [2.24, 2.45) is 0 Å². The molecule has 1 saturated carbocycles. The number of esters is 1. The quantitative estimate of drug-likeness (QED) is 0.607. The third-order valence-electron chi connectivity index (χ3n) is 6.87. The number of hydrogen-bond donors (Lipinski definition) is 0. The van der Waals surface area contributed by atoms with Crippen LogP contribution in [0, 0.1) is 11.3 Å². The zero-order valence-corrected chi connectivity index (χ0v) is 17.3. The second kappa shape index (κ2) is 6.44. The Hall–Kier alpha value is -2.62. The highest BCUT2D eigenvalue weighted by Crippen LogP contribution is 2.55. The maximum absolute atomic E-state index is 13.2. The van der Waals surface area contributed by atoms with E-state index in [1.165, 1.54) is 6.42 Å². The molecule has 2 atom stereocenters. The van der Waals surface area contributed by atoms with Crippen molar-refractivity contribution in [3.05, 3.63) is 68.6 Å². The van der Waals surface area contributed by atoms with Crippen LogP contribution in [0.5, 0.6) is 0 Å². The van der Waals surface area contributed by atoms with Gasteiger partial charge in [-0.1, -0.05) is 12.5 Å². The Balaban J connectivity index is 1.52. The smallest absolute Gasteiger partial charge is 0.341 e. The lowest BCUT2D eigenvalue weighted by atomic mass is 9.77. The first-order valence-corrected chi connectivity index (χ1v) is 11.4. The molecule has 1 spiro atoms. The predicted molar refractivity (Wildman–Crippen MR) is 109 cm³/mol. The number of nitriles is 1. The Labute approximate surface area is 178 Å². The van der Waals surface area contributed by atoms with Gasteiger partial charge >= 0.3 is 5.97 Å². The second-order valence-corrected chi connectivity index (χ2v) is 9.49. The van der Waals surface area contributed by atoms with Gasteiger partial charge in [-0.25, -0.2) is 4.79 Å². The molecule has 0 amide bonds. The van der Waals surface area contributed by atoms with Crippen LogP contribution in [0.25, 0.3) is 0 Å². The number of carbonyl (C=O) groups excluding carboxylic acids is 1. The van der Waals surface area contributed by atoms with Crippen molar-refractivity contribution in [3.8, 4) is 6.07 Å². The van der Waals surface area contributed by atoms with Gasteiger partial charge in [0.25, 0.3) is 0 Å². The van der Waals surface area contributed by atoms with Gasteiger partial charge in [0.1, 0.15) is 23.0 Å². The molecule has 2 bridgehead atoms. The summed E-state index contributed by atoms with van der Waals surface area (Å²) in [4.78, 5) is 13.2. The van der Waals surface area contributed by atoms with E-state index in [4.69, 9.17) is 14.2 Å². The molecule has 152 valence electrons. The van der Waals surface area contributed by atoms with Crippen molar-refractivity contribution in [3.63, 3.8) is 0 Å². The molecule has 4 heterocycles. The van der Waals surface area contributed by atoms with Crippen molar-refractivity contribution in [1.82, 2.24) is 0 Å². The first kappa shape index (κ1) is 18.2. The standard InChI is InChI=1S/C24H21NO4S/c25-13-15-4-5-18-16(10-15)11-24(17-6-9-30-14-17)27-19-12-23(7-2-1-3-8-23)29-22(26)20(19)21(18)28-24/h4-6,9-10,14,21H,1-3,7-8,11-12H2. The van der Waals surface area contributed by atoms with Crippen LogP contribution in [0.1, 0.15) is 66.9 Å². The van der Waals surface area contributed by atoms with E-state index in [-0.39, 0.29) is 5.97 Å². The fourth-order valence-electron chi connectivity index (χ4n) is 5.42. The second-order valence-electron chi connectivity index (χ2n) is 8.71. The summed E-state index contributed by atoms with van der Waals surface area (Å²) < 4.78 is 19.2. The lowest BCUT2D eigenvalue weighted by Crippen LogP contribution is -2.50. The minimum absolute atomic E-state index is 0.320. The summed E-state index contributed by atoms with van der Waals surface area (Å²) in [6.45, 7) is 0. The number of rotatable bonds is 1. The van der Waals surface area contributed by atoms with Gasteiger partial charge in [0.2, 0.25) is 5.79 Å². The van der Waals surface area contributed by atoms with Crippen LogP contribution in [0.15, 0.2) is 46.4 Å². The predicted octanol–water partition coefficient (Wildman–Crippen LogP) is 5.02. The lowest BCUT2D eigenvalue weighted by Gasteiger charge is -2.50. The molecule has 1 aromatic heterocycles. The zero-order chi connectivity index (χ0) is 20.3. The minimum atomic E-state index is -0.974. The van der Waals surface area contributed by atoms with E-state index >= 15 is 0 Å². The molecule has 0 radical (unpaired) electrons. The average Bonchev–Trinajstić information content (AvgIpc) is 3.29. The van der Waals surface area contributed by atoms with E-state index in [2.05, 4.69) is 6.07 Å². The third kappa shape index (κ3) is 2.59. The Bertz CT molecular complexity index is 1110. The molecule has 2 aromatic rings. The molecule has 0 N–H and O–H groups in total. The van der Waals surface area contributed by atoms with Gasteiger partial charge in [0.15, 0.2) is 0 Å². The summed E-state index contributed by atoms with van der Waals surface area (Å²) in [6.07, 6.45) is 5.69. The van der Waals surface area contributed by atoms with Gasteiger partial charge in [-0.3, -0.25) is 0 Å². The van der Waals surface area contributed by atoms with Crippen LogP contribution < -0.4 is 0 Å². The molecule has 30 heavy (non-hydrogen) atoms. The summed E-state index contributed by atoms with van der Waals surface area (Å²) in [5, 5.41) is 13.4. The first-order valence-electron chi connectivity index (χ1n) is 10.5. The lowest BCUT2D eigenvalue weighted by molar-refractivity contribution is -0.278. The van der Waals surface area contributed by atoms with E-state index < -0.39 is 17.5 Å². The van der Waals surface area contributed by atoms with Crippen molar-refractivity contribution in [2.75, 3.05) is 0 Å². The molecular weight excluding hydrogens is 398 g/mol. The molecular formula is C24H21NO4S. The van der Waals surface area contributed by atoms with Crippen LogP contribution >= 0.6 is 11.3 Å². The Morgan fingerprint density at radius 1 is 1.10 bits per heavy atom. The Kier molecular flexibility index (Phi) is 3.90. The number of benzene rings is 1. The molecule has 4 aliphatic rings. The van der Waals surface area contributed by atoms with Crippen molar-refractivity contribution in [2.45, 2.75) is 62.4 Å². The van der Waals surface area contributed by atoms with Gasteiger partial charge in [-0.2, -0.15) is 16.6 Å². The van der Waals surface area contributed by atoms with E-state index in [1.807, 2.05) is 29.0 Å². The molecule has 6 rings (SSSR count). The Morgan fingerprint density at radius 3 is 2.73 bits per heavy atom. The van der Waals surface area contributed by atoms with Crippen LogP contribution in [-0.2, 0) is 31.2 Å². The van der Waals surface area contributed by atoms with E-state index in [9.17, 15) is 10.1 Å². The van der Waals surface area contributed by atoms with E-state index in [1.54, 1.807) is 17.4 Å².